The quantitative estimate of drug-likeness (QED) is 0.411. The summed E-state index contributed by atoms with van der Waals surface area (Å²) in [6.45, 7) is 8.61. The Kier molecular flexibility index (Phi) is 7.13. The lowest BCUT2D eigenvalue weighted by molar-refractivity contribution is -0.386. The number of aromatic nitrogens is 1. The number of rotatable bonds is 9. The van der Waals surface area contributed by atoms with Gasteiger partial charge in [0.15, 0.2) is 0 Å². The number of para-hydroxylation sites is 1. The van der Waals surface area contributed by atoms with Gasteiger partial charge in [-0.2, -0.15) is 0 Å². The number of pyridine rings is 1. The maximum absolute atomic E-state index is 11.6. The van der Waals surface area contributed by atoms with Gasteiger partial charge in [-0.3, -0.25) is 10.1 Å². The zero-order chi connectivity index (χ0) is 19.1. The molecule has 0 aliphatic heterocycles. The summed E-state index contributed by atoms with van der Waals surface area (Å²) in [5.41, 5.74) is 1.81. The summed E-state index contributed by atoms with van der Waals surface area (Å²) >= 11 is 0. The van der Waals surface area contributed by atoms with E-state index in [1.54, 1.807) is 18.2 Å². The number of nitro groups is 1. The molecule has 0 aliphatic rings. The van der Waals surface area contributed by atoms with Gasteiger partial charge in [-0.15, -0.1) is 0 Å². The molecule has 1 aromatic carbocycles. The molecule has 2 unspecified atom stereocenters. The number of hydrogen-bond donors (Lipinski definition) is 0. The SMILES string of the molecule is CCC(C)Cc1cc([N+](=O)[O-])c(Oc2ccccc2)nc1CC(C)CC. The van der Waals surface area contributed by atoms with Crippen LogP contribution >= 0.6 is 0 Å². The lowest BCUT2D eigenvalue weighted by atomic mass is 9.93. The number of ether oxygens (including phenoxy) is 1. The molecule has 2 atom stereocenters. The van der Waals surface area contributed by atoms with Crippen molar-refractivity contribution < 1.29 is 9.66 Å². The van der Waals surface area contributed by atoms with E-state index in [1.807, 2.05) is 18.2 Å². The first-order valence-electron chi connectivity index (χ1n) is 9.34. The van der Waals surface area contributed by atoms with E-state index in [0.29, 0.717) is 17.6 Å². The largest absolute Gasteiger partial charge is 0.434 e. The van der Waals surface area contributed by atoms with Crippen molar-refractivity contribution in [1.82, 2.24) is 4.98 Å². The Bertz CT molecular complexity index is 732. The summed E-state index contributed by atoms with van der Waals surface area (Å²) in [6, 6.07) is 10.7. The molecule has 26 heavy (non-hydrogen) atoms. The molecule has 1 aromatic heterocycles. The molecule has 2 rings (SSSR count). The van der Waals surface area contributed by atoms with Gasteiger partial charge in [0.2, 0.25) is 0 Å². The van der Waals surface area contributed by atoms with E-state index in [-0.39, 0.29) is 11.6 Å². The Labute approximate surface area is 155 Å². The van der Waals surface area contributed by atoms with Gasteiger partial charge in [-0.25, -0.2) is 4.98 Å². The molecule has 5 nitrogen and oxygen atoms in total. The molecule has 0 bridgehead atoms. The van der Waals surface area contributed by atoms with E-state index < -0.39 is 4.92 Å². The van der Waals surface area contributed by atoms with Gasteiger partial charge in [-0.05, 0) is 42.4 Å². The predicted octanol–water partition coefficient (Wildman–Crippen LogP) is 5.96. The second-order valence-corrected chi connectivity index (χ2v) is 7.03. The Hall–Kier alpha value is -2.43. The Morgan fingerprint density at radius 3 is 2.27 bits per heavy atom. The molecule has 140 valence electrons. The van der Waals surface area contributed by atoms with Crippen LogP contribution in [-0.2, 0) is 12.8 Å². The van der Waals surface area contributed by atoms with Gasteiger partial charge in [0.25, 0.3) is 5.88 Å². The van der Waals surface area contributed by atoms with Crippen LogP contribution in [0.25, 0.3) is 0 Å². The van der Waals surface area contributed by atoms with E-state index in [0.717, 1.165) is 36.9 Å². The van der Waals surface area contributed by atoms with Crippen LogP contribution in [0.4, 0.5) is 5.69 Å². The molecule has 0 saturated heterocycles. The van der Waals surface area contributed by atoms with Gasteiger partial charge in [0.1, 0.15) is 5.75 Å². The van der Waals surface area contributed by atoms with Crippen molar-refractivity contribution in [2.45, 2.75) is 53.4 Å². The van der Waals surface area contributed by atoms with Crippen LogP contribution in [0.5, 0.6) is 11.6 Å². The Morgan fingerprint density at radius 1 is 1.08 bits per heavy atom. The van der Waals surface area contributed by atoms with Crippen LogP contribution in [-0.4, -0.2) is 9.91 Å². The van der Waals surface area contributed by atoms with E-state index in [1.165, 1.54) is 0 Å². The number of hydrogen-bond acceptors (Lipinski definition) is 4. The first kappa shape index (κ1) is 19.9. The second-order valence-electron chi connectivity index (χ2n) is 7.03. The van der Waals surface area contributed by atoms with Crippen LogP contribution in [0, 0.1) is 22.0 Å². The van der Waals surface area contributed by atoms with Gasteiger partial charge >= 0.3 is 5.69 Å². The molecular formula is C21H28N2O3. The normalized spacial score (nSPS) is 13.2. The highest BCUT2D eigenvalue weighted by atomic mass is 16.6. The van der Waals surface area contributed by atoms with E-state index >= 15 is 0 Å². The van der Waals surface area contributed by atoms with Gasteiger partial charge in [0.05, 0.1) is 4.92 Å². The average molecular weight is 356 g/mol. The fourth-order valence-corrected chi connectivity index (χ4v) is 2.72. The zero-order valence-electron chi connectivity index (χ0n) is 16.1. The number of benzene rings is 1. The zero-order valence-corrected chi connectivity index (χ0v) is 16.1. The maximum atomic E-state index is 11.6. The molecule has 0 fully saturated rings. The third-order valence-corrected chi connectivity index (χ3v) is 4.80. The van der Waals surface area contributed by atoms with Gasteiger partial charge < -0.3 is 4.74 Å². The topological polar surface area (TPSA) is 65.3 Å². The first-order valence-corrected chi connectivity index (χ1v) is 9.34. The molecule has 0 aliphatic carbocycles. The molecule has 0 N–H and O–H groups in total. The predicted molar refractivity (Wildman–Crippen MR) is 104 cm³/mol. The summed E-state index contributed by atoms with van der Waals surface area (Å²) in [4.78, 5) is 15.8. The highest BCUT2D eigenvalue weighted by Gasteiger charge is 2.23. The van der Waals surface area contributed by atoms with Crippen LogP contribution < -0.4 is 4.74 Å². The molecule has 0 radical (unpaired) electrons. The maximum Gasteiger partial charge on any atom is 0.331 e. The third kappa shape index (κ3) is 5.28. The highest BCUT2D eigenvalue weighted by Crippen LogP contribution is 2.33. The minimum absolute atomic E-state index is 0.0694. The van der Waals surface area contributed by atoms with Crippen LogP contribution in [0.2, 0.25) is 0 Å². The van der Waals surface area contributed by atoms with Crippen LogP contribution in [0.3, 0.4) is 0 Å². The van der Waals surface area contributed by atoms with Crippen molar-refractivity contribution in [3.8, 4) is 11.6 Å². The summed E-state index contributed by atoms with van der Waals surface area (Å²) in [7, 11) is 0. The smallest absolute Gasteiger partial charge is 0.331 e. The van der Waals surface area contributed by atoms with Crippen molar-refractivity contribution in [3.05, 3.63) is 57.8 Å². The lowest BCUT2D eigenvalue weighted by Gasteiger charge is -2.17. The monoisotopic (exact) mass is 356 g/mol. The van der Waals surface area contributed by atoms with Crippen LogP contribution in [0.15, 0.2) is 36.4 Å². The molecule has 2 aromatic rings. The third-order valence-electron chi connectivity index (χ3n) is 4.80. The molecule has 1 heterocycles. The average Bonchev–Trinajstić information content (AvgIpc) is 2.63. The summed E-state index contributed by atoms with van der Waals surface area (Å²) in [5, 5.41) is 11.6. The second kappa shape index (κ2) is 9.32. The van der Waals surface area contributed by atoms with Crippen LogP contribution in [0.1, 0.15) is 51.8 Å². The highest BCUT2D eigenvalue weighted by molar-refractivity contribution is 5.47. The van der Waals surface area contributed by atoms with Crippen molar-refractivity contribution in [2.24, 2.45) is 11.8 Å². The minimum atomic E-state index is -0.404. The minimum Gasteiger partial charge on any atom is -0.434 e. The number of nitrogens with zero attached hydrogens (tertiary/aromatic N) is 2. The van der Waals surface area contributed by atoms with Crippen molar-refractivity contribution in [2.75, 3.05) is 0 Å². The molecule has 5 heteroatoms. The fourth-order valence-electron chi connectivity index (χ4n) is 2.72. The summed E-state index contributed by atoms with van der Waals surface area (Å²) in [5.74, 6) is 1.54. The van der Waals surface area contributed by atoms with Crippen molar-refractivity contribution >= 4 is 5.69 Å². The van der Waals surface area contributed by atoms with Gasteiger partial charge in [0, 0.05) is 11.8 Å². The van der Waals surface area contributed by atoms with E-state index in [4.69, 9.17) is 4.74 Å². The van der Waals surface area contributed by atoms with Crippen molar-refractivity contribution in [3.63, 3.8) is 0 Å². The van der Waals surface area contributed by atoms with E-state index in [9.17, 15) is 10.1 Å². The van der Waals surface area contributed by atoms with E-state index in [2.05, 4.69) is 32.7 Å². The van der Waals surface area contributed by atoms with Crippen molar-refractivity contribution in [1.29, 1.82) is 0 Å². The molecule has 0 amide bonds. The standard InChI is InChI=1S/C21H28N2O3/c1-5-15(3)12-17-14-20(23(24)25)21(22-19(17)13-16(4)6-2)26-18-10-8-7-9-11-18/h7-11,14-16H,5-6,12-13H2,1-4H3. The fraction of sp³-hybridized carbons (Fsp3) is 0.476. The molecule has 0 saturated carbocycles. The Balaban J connectivity index is 2.48. The summed E-state index contributed by atoms with van der Waals surface area (Å²) < 4.78 is 5.76. The molecule has 0 spiro atoms. The molecular weight excluding hydrogens is 328 g/mol. The first-order chi connectivity index (χ1) is 12.4. The Morgan fingerprint density at radius 2 is 1.69 bits per heavy atom. The lowest BCUT2D eigenvalue weighted by Crippen LogP contribution is -2.10. The summed E-state index contributed by atoms with van der Waals surface area (Å²) in [6.07, 6.45) is 3.66. The van der Waals surface area contributed by atoms with Gasteiger partial charge in [-0.1, -0.05) is 58.7 Å².